The van der Waals surface area contributed by atoms with Gasteiger partial charge >= 0.3 is 0 Å². The average molecular weight is 462 g/mol. The zero-order chi connectivity index (χ0) is 23.7. The van der Waals surface area contributed by atoms with Crippen molar-refractivity contribution in [3.8, 4) is 11.6 Å². The minimum atomic E-state index is -0.333. The number of carbonyl (C=O) groups is 2. The van der Waals surface area contributed by atoms with Crippen molar-refractivity contribution in [3.63, 3.8) is 0 Å². The summed E-state index contributed by atoms with van der Waals surface area (Å²) in [6.45, 7) is 4.84. The topological polar surface area (TPSA) is 96.7 Å². The second-order valence-electron chi connectivity index (χ2n) is 8.50. The number of carbonyl (C=O) groups excluding carboxylic acids is 2. The van der Waals surface area contributed by atoms with Gasteiger partial charge in [-0.25, -0.2) is 15.0 Å². The zero-order valence-corrected chi connectivity index (χ0v) is 19.3. The third-order valence-electron chi connectivity index (χ3n) is 6.47. The second-order valence-corrected chi connectivity index (χ2v) is 8.50. The van der Waals surface area contributed by atoms with Crippen molar-refractivity contribution in [2.24, 2.45) is 5.92 Å². The highest BCUT2D eigenvalue weighted by atomic mass is 16.5. The second kappa shape index (κ2) is 9.12. The fourth-order valence-electron chi connectivity index (χ4n) is 4.58. The SMILES string of the molecule is COc1cccc(N2CC(C(=O)N3CCN(c4cc(-n5ccnc5C)ncn4)CC3)CC2=O)c1. The smallest absolute Gasteiger partial charge is 0.228 e. The lowest BCUT2D eigenvalue weighted by molar-refractivity contribution is -0.136. The molecule has 0 bridgehead atoms. The number of imidazole rings is 1. The van der Waals surface area contributed by atoms with Crippen LogP contribution in [-0.2, 0) is 9.59 Å². The van der Waals surface area contributed by atoms with Gasteiger partial charge in [-0.05, 0) is 19.1 Å². The molecule has 0 spiro atoms. The van der Waals surface area contributed by atoms with Crippen molar-refractivity contribution >= 4 is 23.3 Å². The average Bonchev–Trinajstić information content (AvgIpc) is 3.49. The van der Waals surface area contributed by atoms with Gasteiger partial charge in [0.1, 0.15) is 29.5 Å². The van der Waals surface area contributed by atoms with E-state index in [-0.39, 0.29) is 24.2 Å². The van der Waals surface area contributed by atoms with Gasteiger partial charge in [0.05, 0.1) is 13.0 Å². The molecule has 1 unspecified atom stereocenters. The van der Waals surface area contributed by atoms with Crippen molar-refractivity contribution < 1.29 is 14.3 Å². The van der Waals surface area contributed by atoms with E-state index in [4.69, 9.17) is 4.74 Å². The van der Waals surface area contributed by atoms with Crippen molar-refractivity contribution in [2.75, 3.05) is 49.6 Å². The summed E-state index contributed by atoms with van der Waals surface area (Å²) in [5, 5.41) is 0. The lowest BCUT2D eigenvalue weighted by Crippen LogP contribution is -2.51. The Balaban J connectivity index is 1.21. The molecule has 0 N–H and O–H groups in total. The molecule has 5 rings (SSSR count). The summed E-state index contributed by atoms with van der Waals surface area (Å²) >= 11 is 0. The van der Waals surface area contributed by atoms with E-state index in [0.717, 1.165) is 23.1 Å². The molecule has 2 aliphatic heterocycles. The molecule has 0 radical (unpaired) electrons. The maximum atomic E-state index is 13.2. The molecule has 2 aliphatic rings. The summed E-state index contributed by atoms with van der Waals surface area (Å²) in [6, 6.07) is 9.32. The summed E-state index contributed by atoms with van der Waals surface area (Å²) in [5.41, 5.74) is 0.761. The molecule has 1 atom stereocenters. The van der Waals surface area contributed by atoms with E-state index in [0.29, 0.717) is 38.5 Å². The van der Waals surface area contributed by atoms with E-state index in [1.165, 1.54) is 0 Å². The maximum Gasteiger partial charge on any atom is 0.228 e. The molecule has 1 aromatic carbocycles. The van der Waals surface area contributed by atoms with Crippen LogP contribution < -0.4 is 14.5 Å². The van der Waals surface area contributed by atoms with Gasteiger partial charge in [0, 0.05) is 69.4 Å². The van der Waals surface area contributed by atoms with Crippen LogP contribution in [0.25, 0.3) is 5.82 Å². The molecule has 0 aliphatic carbocycles. The summed E-state index contributed by atoms with van der Waals surface area (Å²) in [7, 11) is 1.60. The van der Waals surface area contributed by atoms with Crippen LogP contribution in [0.5, 0.6) is 5.75 Å². The first-order chi connectivity index (χ1) is 16.5. The first-order valence-corrected chi connectivity index (χ1v) is 11.3. The van der Waals surface area contributed by atoms with Crippen molar-refractivity contribution in [3.05, 3.63) is 54.9 Å². The lowest BCUT2D eigenvalue weighted by Gasteiger charge is -2.36. The predicted molar refractivity (Wildman–Crippen MR) is 126 cm³/mol. The number of aromatic nitrogens is 4. The number of aryl methyl sites for hydroxylation is 1. The van der Waals surface area contributed by atoms with Gasteiger partial charge in [-0.2, -0.15) is 0 Å². The molecule has 3 aromatic rings. The van der Waals surface area contributed by atoms with E-state index >= 15 is 0 Å². The summed E-state index contributed by atoms with van der Waals surface area (Å²) in [6.07, 6.45) is 5.40. The van der Waals surface area contributed by atoms with Crippen LogP contribution in [0.15, 0.2) is 49.1 Å². The molecule has 2 fully saturated rings. The van der Waals surface area contributed by atoms with Crippen LogP contribution in [-0.4, -0.2) is 76.1 Å². The summed E-state index contributed by atoms with van der Waals surface area (Å²) < 4.78 is 7.18. The lowest BCUT2D eigenvalue weighted by atomic mass is 10.1. The number of ether oxygens (including phenoxy) is 1. The monoisotopic (exact) mass is 461 g/mol. The Morgan fingerprint density at radius 3 is 2.59 bits per heavy atom. The van der Waals surface area contributed by atoms with Crippen molar-refractivity contribution in [1.82, 2.24) is 24.4 Å². The Bertz CT molecular complexity index is 1200. The Labute approximate surface area is 197 Å². The minimum Gasteiger partial charge on any atom is -0.497 e. The number of rotatable bonds is 5. The summed E-state index contributed by atoms with van der Waals surface area (Å²) in [5.74, 6) is 2.80. The van der Waals surface area contributed by atoms with Crippen LogP contribution in [0.1, 0.15) is 12.2 Å². The number of hydrogen-bond donors (Lipinski definition) is 0. The predicted octanol–water partition coefficient (Wildman–Crippen LogP) is 1.68. The fourth-order valence-corrected chi connectivity index (χ4v) is 4.58. The number of benzene rings is 1. The van der Waals surface area contributed by atoms with E-state index in [9.17, 15) is 9.59 Å². The molecule has 4 heterocycles. The van der Waals surface area contributed by atoms with Crippen LogP contribution in [0.4, 0.5) is 11.5 Å². The third-order valence-corrected chi connectivity index (χ3v) is 6.47. The van der Waals surface area contributed by atoms with Crippen LogP contribution in [0, 0.1) is 12.8 Å². The Kier molecular flexibility index (Phi) is 5.87. The highest BCUT2D eigenvalue weighted by molar-refractivity contribution is 6.00. The molecule has 10 nitrogen and oxygen atoms in total. The third kappa shape index (κ3) is 4.18. The molecule has 176 valence electrons. The van der Waals surface area contributed by atoms with Crippen molar-refractivity contribution in [2.45, 2.75) is 13.3 Å². The molecule has 34 heavy (non-hydrogen) atoms. The number of hydrogen-bond acceptors (Lipinski definition) is 7. The van der Waals surface area contributed by atoms with Crippen LogP contribution >= 0.6 is 0 Å². The molecule has 2 amide bonds. The van der Waals surface area contributed by atoms with Gasteiger partial charge in [-0.1, -0.05) is 6.07 Å². The highest BCUT2D eigenvalue weighted by Gasteiger charge is 2.38. The maximum absolute atomic E-state index is 13.2. The Morgan fingerprint density at radius 1 is 1.06 bits per heavy atom. The van der Waals surface area contributed by atoms with Crippen LogP contribution in [0.3, 0.4) is 0 Å². The van der Waals surface area contributed by atoms with Gasteiger partial charge in [0.25, 0.3) is 0 Å². The van der Waals surface area contributed by atoms with Crippen LogP contribution in [0.2, 0.25) is 0 Å². The van der Waals surface area contributed by atoms with Gasteiger partial charge in [0.2, 0.25) is 11.8 Å². The van der Waals surface area contributed by atoms with E-state index in [1.807, 2.05) is 52.9 Å². The molecular weight excluding hydrogens is 434 g/mol. The van der Waals surface area contributed by atoms with Gasteiger partial charge < -0.3 is 19.4 Å². The molecule has 2 aromatic heterocycles. The standard InChI is InChI=1S/C24H27N7O3/c1-17-25-6-7-30(17)22-14-21(26-16-27-22)28-8-10-29(11-9-28)24(33)18-12-23(32)31(15-18)19-4-3-5-20(13-19)34-2/h3-7,13-14,16,18H,8-12,15H2,1-2H3. The Hall–Kier alpha value is -3.95. The van der Waals surface area contributed by atoms with Crippen molar-refractivity contribution in [1.29, 1.82) is 0 Å². The summed E-state index contributed by atoms with van der Waals surface area (Å²) in [4.78, 5) is 44.6. The number of piperazine rings is 1. The first kappa shape index (κ1) is 21.9. The van der Waals surface area contributed by atoms with Gasteiger partial charge in [-0.15, -0.1) is 0 Å². The first-order valence-electron chi connectivity index (χ1n) is 11.3. The van der Waals surface area contributed by atoms with E-state index in [1.54, 1.807) is 24.5 Å². The number of anilines is 2. The normalized spacial score (nSPS) is 18.5. The van der Waals surface area contributed by atoms with Gasteiger partial charge in [0.15, 0.2) is 0 Å². The number of methoxy groups -OCH3 is 1. The zero-order valence-electron chi connectivity index (χ0n) is 19.3. The number of nitrogens with zero attached hydrogens (tertiary/aromatic N) is 7. The largest absolute Gasteiger partial charge is 0.497 e. The van der Waals surface area contributed by atoms with Gasteiger partial charge in [-0.3, -0.25) is 14.2 Å². The molecule has 10 heteroatoms. The Morgan fingerprint density at radius 2 is 1.85 bits per heavy atom. The van der Waals surface area contributed by atoms with E-state index < -0.39 is 0 Å². The molecule has 2 saturated heterocycles. The quantitative estimate of drug-likeness (QED) is 0.570. The van der Waals surface area contributed by atoms with E-state index in [2.05, 4.69) is 19.9 Å². The minimum absolute atomic E-state index is 0.0338. The highest BCUT2D eigenvalue weighted by Crippen LogP contribution is 2.29. The fraction of sp³-hybridized carbons (Fsp3) is 0.375. The molecular formula is C24H27N7O3. The number of amides is 2. The molecule has 0 saturated carbocycles.